The number of anilines is 2. The normalized spacial score (nSPS) is 10.9. The average molecular weight is 276 g/mol. The molecule has 2 rings (SSSR count). The summed E-state index contributed by atoms with van der Waals surface area (Å²) < 4.78 is 0. The standard InChI is InChI=1S/C14H20N4S/c1-4-13-16-12(15)8-14(17-13)18(10(2)3)9-11-6-5-7-19-11/h5-8,10H,4,9H2,1-3H3,(H2,15,16,17). The van der Waals surface area contributed by atoms with Gasteiger partial charge < -0.3 is 10.6 Å². The van der Waals surface area contributed by atoms with E-state index in [1.54, 1.807) is 11.3 Å². The van der Waals surface area contributed by atoms with Crippen molar-refractivity contribution in [3.05, 3.63) is 34.3 Å². The van der Waals surface area contributed by atoms with Gasteiger partial charge in [-0.3, -0.25) is 0 Å². The fraction of sp³-hybridized carbons (Fsp3) is 0.429. The molecule has 2 aromatic rings. The van der Waals surface area contributed by atoms with E-state index in [9.17, 15) is 0 Å². The molecule has 0 aliphatic carbocycles. The molecule has 0 saturated carbocycles. The summed E-state index contributed by atoms with van der Waals surface area (Å²) in [5.41, 5.74) is 5.87. The molecular formula is C14H20N4S. The number of aromatic nitrogens is 2. The van der Waals surface area contributed by atoms with Gasteiger partial charge in [0.2, 0.25) is 0 Å². The van der Waals surface area contributed by atoms with Crippen LogP contribution in [0.15, 0.2) is 23.6 Å². The number of thiophene rings is 1. The highest BCUT2D eigenvalue weighted by Crippen LogP contribution is 2.21. The third kappa shape index (κ3) is 3.44. The molecule has 2 N–H and O–H groups in total. The van der Waals surface area contributed by atoms with Gasteiger partial charge in [-0.05, 0) is 25.3 Å². The molecule has 0 aliphatic rings. The van der Waals surface area contributed by atoms with Crippen molar-refractivity contribution in [3.8, 4) is 0 Å². The summed E-state index contributed by atoms with van der Waals surface area (Å²) in [6.07, 6.45) is 0.795. The van der Waals surface area contributed by atoms with Gasteiger partial charge in [0.05, 0.1) is 6.54 Å². The van der Waals surface area contributed by atoms with Crippen LogP contribution in [0.3, 0.4) is 0 Å². The molecule has 102 valence electrons. The molecule has 0 saturated heterocycles. The van der Waals surface area contributed by atoms with Crippen LogP contribution in [0.2, 0.25) is 0 Å². The van der Waals surface area contributed by atoms with Gasteiger partial charge in [-0.1, -0.05) is 13.0 Å². The minimum absolute atomic E-state index is 0.362. The van der Waals surface area contributed by atoms with Gasteiger partial charge in [0.25, 0.3) is 0 Å². The summed E-state index contributed by atoms with van der Waals surface area (Å²) in [4.78, 5) is 12.4. The molecule has 0 spiro atoms. The maximum atomic E-state index is 5.87. The Hall–Kier alpha value is -1.62. The zero-order valence-corrected chi connectivity index (χ0v) is 12.4. The first kappa shape index (κ1) is 13.8. The maximum absolute atomic E-state index is 5.87. The van der Waals surface area contributed by atoms with Crippen molar-refractivity contribution in [2.45, 2.75) is 39.8 Å². The van der Waals surface area contributed by atoms with Crippen molar-refractivity contribution in [1.82, 2.24) is 9.97 Å². The third-order valence-electron chi connectivity index (χ3n) is 2.92. The number of aryl methyl sites for hydroxylation is 1. The van der Waals surface area contributed by atoms with Gasteiger partial charge in [-0.15, -0.1) is 11.3 Å². The number of rotatable bonds is 5. The van der Waals surface area contributed by atoms with E-state index in [1.807, 2.05) is 13.0 Å². The highest BCUT2D eigenvalue weighted by atomic mass is 32.1. The molecule has 5 heteroatoms. The molecule has 0 aliphatic heterocycles. The van der Waals surface area contributed by atoms with Crippen LogP contribution >= 0.6 is 11.3 Å². The summed E-state index contributed by atoms with van der Waals surface area (Å²) in [5, 5.41) is 2.10. The molecule has 0 fully saturated rings. The molecule has 4 nitrogen and oxygen atoms in total. The number of hydrogen-bond donors (Lipinski definition) is 1. The Balaban J connectivity index is 2.30. The molecule has 0 radical (unpaired) electrons. The highest BCUT2D eigenvalue weighted by Gasteiger charge is 2.15. The van der Waals surface area contributed by atoms with Crippen LogP contribution in [0.25, 0.3) is 0 Å². The van der Waals surface area contributed by atoms with E-state index >= 15 is 0 Å². The molecule has 0 unspecified atom stereocenters. The van der Waals surface area contributed by atoms with Gasteiger partial charge >= 0.3 is 0 Å². The lowest BCUT2D eigenvalue weighted by atomic mass is 10.3. The number of hydrogen-bond acceptors (Lipinski definition) is 5. The second-order valence-electron chi connectivity index (χ2n) is 4.72. The SMILES string of the molecule is CCc1nc(N)cc(N(Cc2cccs2)C(C)C)n1. The van der Waals surface area contributed by atoms with Gasteiger partial charge in [-0.25, -0.2) is 9.97 Å². The second kappa shape index (κ2) is 6.02. The smallest absolute Gasteiger partial charge is 0.134 e. The van der Waals surface area contributed by atoms with E-state index in [0.29, 0.717) is 11.9 Å². The number of nitrogens with two attached hydrogens (primary N) is 1. The highest BCUT2D eigenvalue weighted by molar-refractivity contribution is 7.09. The van der Waals surface area contributed by atoms with Crippen LogP contribution in [0.4, 0.5) is 11.6 Å². The molecular weight excluding hydrogens is 256 g/mol. The van der Waals surface area contributed by atoms with Crippen LogP contribution < -0.4 is 10.6 Å². The first-order valence-corrected chi connectivity index (χ1v) is 7.40. The molecule has 2 heterocycles. The van der Waals surface area contributed by atoms with E-state index in [4.69, 9.17) is 5.73 Å². The monoisotopic (exact) mass is 276 g/mol. The fourth-order valence-corrected chi connectivity index (χ4v) is 2.61. The largest absolute Gasteiger partial charge is 0.384 e. The van der Waals surface area contributed by atoms with Crippen molar-refractivity contribution < 1.29 is 0 Å². The Bertz CT molecular complexity index is 522. The fourth-order valence-electron chi connectivity index (χ4n) is 1.91. The minimum Gasteiger partial charge on any atom is -0.384 e. The van der Waals surface area contributed by atoms with Gasteiger partial charge in [0, 0.05) is 23.4 Å². The van der Waals surface area contributed by atoms with E-state index < -0.39 is 0 Å². The first-order chi connectivity index (χ1) is 9.10. The number of nitrogen functional groups attached to an aromatic ring is 1. The minimum atomic E-state index is 0.362. The van der Waals surface area contributed by atoms with Gasteiger partial charge in [0.1, 0.15) is 17.5 Å². The number of nitrogens with zero attached hydrogens (tertiary/aromatic N) is 3. The zero-order chi connectivity index (χ0) is 13.8. The molecule has 0 aromatic carbocycles. The lowest BCUT2D eigenvalue weighted by Crippen LogP contribution is -2.31. The van der Waals surface area contributed by atoms with Crippen molar-refractivity contribution in [1.29, 1.82) is 0 Å². The quantitative estimate of drug-likeness (QED) is 0.911. The van der Waals surface area contributed by atoms with Crippen molar-refractivity contribution >= 4 is 23.0 Å². The van der Waals surface area contributed by atoms with Crippen LogP contribution in [0.5, 0.6) is 0 Å². The average Bonchev–Trinajstić information content (AvgIpc) is 2.87. The van der Waals surface area contributed by atoms with Crippen LogP contribution in [-0.2, 0) is 13.0 Å². The zero-order valence-electron chi connectivity index (χ0n) is 11.6. The Morgan fingerprint density at radius 3 is 2.74 bits per heavy atom. The predicted molar refractivity (Wildman–Crippen MR) is 81.5 cm³/mol. The Labute approximate surface area is 118 Å². The first-order valence-electron chi connectivity index (χ1n) is 6.52. The Kier molecular flexibility index (Phi) is 4.37. The van der Waals surface area contributed by atoms with Crippen LogP contribution in [-0.4, -0.2) is 16.0 Å². The molecule has 0 amide bonds. The van der Waals surface area contributed by atoms with E-state index in [-0.39, 0.29) is 0 Å². The maximum Gasteiger partial charge on any atom is 0.134 e. The third-order valence-corrected chi connectivity index (χ3v) is 3.78. The van der Waals surface area contributed by atoms with Crippen molar-refractivity contribution in [2.24, 2.45) is 0 Å². The molecule has 2 aromatic heterocycles. The van der Waals surface area contributed by atoms with Crippen LogP contribution in [0, 0.1) is 0 Å². The molecule has 19 heavy (non-hydrogen) atoms. The van der Waals surface area contributed by atoms with E-state index in [1.165, 1.54) is 4.88 Å². The van der Waals surface area contributed by atoms with Crippen molar-refractivity contribution in [3.63, 3.8) is 0 Å². The van der Waals surface area contributed by atoms with Crippen molar-refractivity contribution in [2.75, 3.05) is 10.6 Å². The van der Waals surface area contributed by atoms with Gasteiger partial charge in [0.15, 0.2) is 0 Å². The topological polar surface area (TPSA) is 55.0 Å². The second-order valence-corrected chi connectivity index (χ2v) is 5.75. The molecule has 0 atom stereocenters. The van der Waals surface area contributed by atoms with E-state index in [0.717, 1.165) is 24.6 Å². The van der Waals surface area contributed by atoms with E-state index in [2.05, 4.69) is 46.2 Å². The molecule has 0 bridgehead atoms. The van der Waals surface area contributed by atoms with Gasteiger partial charge in [-0.2, -0.15) is 0 Å². The lowest BCUT2D eigenvalue weighted by Gasteiger charge is -2.27. The summed E-state index contributed by atoms with van der Waals surface area (Å²) in [5.74, 6) is 2.25. The summed E-state index contributed by atoms with van der Waals surface area (Å²) in [7, 11) is 0. The predicted octanol–water partition coefficient (Wildman–Crippen LogP) is 3.10. The summed E-state index contributed by atoms with van der Waals surface area (Å²) in [6.45, 7) is 7.22. The Morgan fingerprint density at radius 1 is 1.37 bits per heavy atom. The Morgan fingerprint density at radius 2 is 2.16 bits per heavy atom. The lowest BCUT2D eigenvalue weighted by molar-refractivity contribution is 0.672. The van der Waals surface area contributed by atoms with Crippen LogP contribution in [0.1, 0.15) is 31.5 Å². The summed E-state index contributed by atoms with van der Waals surface area (Å²) in [6, 6.07) is 6.43. The summed E-state index contributed by atoms with van der Waals surface area (Å²) >= 11 is 1.76.